The lowest BCUT2D eigenvalue weighted by atomic mass is 10.2. The second-order valence-corrected chi connectivity index (χ2v) is 3.54. The molecule has 0 bridgehead atoms. The van der Waals surface area contributed by atoms with Crippen LogP contribution in [-0.4, -0.2) is 34.6 Å². The standard InChI is InChI=1S/C11H10F3NO3/c12-11(13,14)10(18)15(7-9(16)17)6-8-4-2-1-3-5-8/h1-5H,6-7H2,(H,16,17). The van der Waals surface area contributed by atoms with Gasteiger partial charge < -0.3 is 10.0 Å². The van der Waals surface area contributed by atoms with Crippen molar-refractivity contribution in [1.29, 1.82) is 0 Å². The lowest BCUT2D eigenvalue weighted by molar-refractivity contribution is -0.187. The predicted octanol–water partition coefficient (Wildman–Crippen LogP) is 1.66. The molecule has 1 aromatic carbocycles. The number of benzene rings is 1. The van der Waals surface area contributed by atoms with E-state index in [0.29, 0.717) is 5.56 Å². The van der Waals surface area contributed by atoms with Crippen molar-refractivity contribution in [3.63, 3.8) is 0 Å². The summed E-state index contributed by atoms with van der Waals surface area (Å²) >= 11 is 0. The largest absolute Gasteiger partial charge is 0.480 e. The van der Waals surface area contributed by atoms with Crippen LogP contribution < -0.4 is 0 Å². The molecule has 1 rings (SSSR count). The fourth-order valence-corrected chi connectivity index (χ4v) is 1.35. The zero-order valence-electron chi connectivity index (χ0n) is 9.15. The molecule has 0 aliphatic rings. The first-order chi connectivity index (χ1) is 8.30. The minimum atomic E-state index is -5.08. The van der Waals surface area contributed by atoms with Crippen molar-refractivity contribution < 1.29 is 27.9 Å². The summed E-state index contributed by atoms with van der Waals surface area (Å²) in [6.07, 6.45) is -5.08. The van der Waals surface area contributed by atoms with Crippen LogP contribution in [0.15, 0.2) is 30.3 Å². The van der Waals surface area contributed by atoms with Gasteiger partial charge in [0.05, 0.1) is 0 Å². The van der Waals surface area contributed by atoms with E-state index in [4.69, 9.17) is 5.11 Å². The van der Waals surface area contributed by atoms with Crippen molar-refractivity contribution in [3.05, 3.63) is 35.9 Å². The predicted molar refractivity (Wildman–Crippen MR) is 55.5 cm³/mol. The van der Waals surface area contributed by atoms with Crippen LogP contribution in [0.1, 0.15) is 5.56 Å². The molecule has 0 heterocycles. The number of carbonyl (C=O) groups is 2. The summed E-state index contributed by atoms with van der Waals surface area (Å²) in [7, 11) is 0. The van der Waals surface area contributed by atoms with E-state index in [2.05, 4.69) is 0 Å². The van der Waals surface area contributed by atoms with E-state index in [1.807, 2.05) is 0 Å². The molecular weight excluding hydrogens is 251 g/mol. The molecule has 0 aliphatic heterocycles. The number of aliphatic carboxylic acids is 1. The van der Waals surface area contributed by atoms with Gasteiger partial charge in [-0.25, -0.2) is 0 Å². The number of carboxylic acids is 1. The highest BCUT2D eigenvalue weighted by atomic mass is 19.4. The summed E-state index contributed by atoms with van der Waals surface area (Å²) in [5.41, 5.74) is 0.427. The number of hydrogen-bond donors (Lipinski definition) is 1. The average molecular weight is 261 g/mol. The van der Waals surface area contributed by atoms with Crippen molar-refractivity contribution >= 4 is 11.9 Å². The van der Waals surface area contributed by atoms with E-state index < -0.39 is 31.1 Å². The number of hydrogen-bond acceptors (Lipinski definition) is 2. The zero-order valence-corrected chi connectivity index (χ0v) is 9.15. The normalized spacial score (nSPS) is 11.1. The van der Waals surface area contributed by atoms with Gasteiger partial charge >= 0.3 is 18.1 Å². The number of carboxylic acid groups (broad SMARTS) is 1. The Balaban J connectivity index is 2.86. The monoisotopic (exact) mass is 261 g/mol. The topological polar surface area (TPSA) is 57.6 Å². The van der Waals surface area contributed by atoms with E-state index in [1.54, 1.807) is 18.2 Å². The summed E-state index contributed by atoms with van der Waals surface area (Å²) in [5, 5.41) is 8.52. The van der Waals surface area contributed by atoms with Crippen molar-refractivity contribution in [3.8, 4) is 0 Å². The number of nitrogens with zero attached hydrogens (tertiary/aromatic N) is 1. The summed E-state index contributed by atoms with van der Waals surface area (Å²) in [4.78, 5) is 21.8. The van der Waals surface area contributed by atoms with E-state index in [0.717, 1.165) is 0 Å². The molecule has 0 fully saturated rings. The molecule has 18 heavy (non-hydrogen) atoms. The first kappa shape index (κ1) is 14.0. The fourth-order valence-electron chi connectivity index (χ4n) is 1.35. The number of halogens is 3. The molecule has 0 atom stereocenters. The van der Waals surface area contributed by atoms with Crippen molar-refractivity contribution in [1.82, 2.24) is 4.90 Å². The lowest BCUT2D eigenvalue weighted by Crippen LogP contribution is -2.43. The molecule has 4 nitrogen and oxygen atoms in total. The molecule has 1 amide bonds. The summed E-state index contributed by atoms with van der Waals surface area (Å²) in [5.74, 6) is -3.66. The van der Waals surface area contributed by atoms with Gasteiger partial charge in [0, 0.05) is 6.54 Å². The maximum absolute atomic E-state index is 12.3. The van der Waals surface area contributed by atoms with Crippen LogP contribution in [0.2, 0.25) is 0 Å². The highest BCUT2D eigenvalue weighted by Crippen LogP contribution is 2.19. The van der Waals surface area contributed by atoms with Crippen LogP contribution in [0.4, 0.5) is 13.2 Å². The molecule has 7 heteroatoms. The van der Waals surface area contributed by atoms with Gasteiger partial charge in [-0.1, -0.05) is 30.3 Å². The molecule has 0 aliphatic carbocycles. The molecule has 0 unspecified atom stereocenters. The van der Waals surface area contributed by atoms with Crippen LogP contribution in [0.5, 0.6) is 0 Å². The van der Waals surface area contributed by atoms with Gasteiger partial charge in [0.15, 0.2) is 0 Å². The van der Waals surface area contributed by atoms with E-state index in [1.165, 1.54) is 12.1 Å². The molecule has 1 N–H and O–H groups in total. The van der Waals surface area contributed by atoms with Crippen LogP contribution in [-0.2, 0) is 16.1 Å². The van der Waals surface area contributed by atoms with Crippen LogP contribution in [0.3, 0.4) is 0 Å². The SMILES string of the molecule is O=C(O)CN(Cc1ccccc1)C(=O)C(F)(F)F. The van der Waals surface area contributed by atoms with E-state index in [9.17, 15) is 22.8 Å². The number of rotatable bonds is 4. The molecule has 98 valence electrons. The van der Waals surface area contributed by atoms with Gasteiger partial charge in [0.25, 0.3) is 0 Å². The van der Waals surface area contributed by atoms with Gasteiger partial charge in [0.1, 0.15) is 6.54 Å². The van der Waals surface area contributed by atoms with Gasteiger partial charge in [-0.15, -0.1) is 0 Å². The minimum Gasteiger partial charge on any atom is -0.480 e. The lowest BCUT2D eigenvalue weighted by Gasteiger charge is -2.21. The zero-order chi connectivity index (χ0) is 13.8. The minimum absolute atomic E-state index is 0.248. The van der Waals surface area contributed by atoms with Crippen LogP contribution >= 0.6 is 0 Å². The molecule has 0 aromatic heterocycles. The number of alkyl halides is 3. The number of amides is 1. The maximum atomic E-state index is 12.3. The molecule has 0 spiro atoms. The summed E-state index contributed by atoms with van der Waals surface area (Å²) in [6, 6.07) is 7.87. The first-order valence-electron chi connectivity index (χ1n) is 4.92. The first-order valence-corrected chi connectivity index (χ1v) is 4.92. The Bertz CT molecular complexity index is 431. The van der Waals surface area contributed by atoms with Crippen molar-refractivity contribution in [2.45, 2.75) is 12.7 Å². The van der Waals surface area contributed by atoms with Crippen LogP contribution in [0, 0.1) is 0 Å². The Labute approximate surface area is 101 Å². The third-order valence-corrected chi connectivity index (χ3v) is 2.07. The van der Waals surface area contributed by atoms with E-state index >= 15 is 0 Å². The summed E-state index contributed by atoms with van der Waals surface area (Å²) in [6.45, 7) is -1.39. The number of carbonyl (C=O) groups excluding carboxylic acids is 1. The Kier molecular flexibility index (Phi) is 4.30. The molecule has 0 saturated carbocycles. The van der Waals surface area contributed by atoms with Crippen molar-refractivity contribution in [2.24, 2.45) is 0 Å². The Morgan fingerprint density at radius 2 is 1.72 bits per heavy atom. The van der Waals surface area contributed by atoms with Crippen LogP contribution in [0.25, 0.3) is 0 Å². The average Bonchev–Trinajstić information content (AvgIpc) is 2.26. The maximum Gasteiger partial charge on any atom is 0.471 e. The third kappa shape index (κ3) is 4.08. The Hall–Kier alpha value is -2.05. The third-order valence-electron chi connectivity index (χ3n) is 2.07. The quantitative estimate of drug-likeness (QED) is 0.896. The molecular formula is C11H10F3NO3. The van der Waals surface area contributed by atoms with Gasteiger partial charge in [-0.2, -0.15) is 13.2 Å². The van der Waals surface area contributed by atoms with Gasteiger partial charge in [-0.3, -0.25) is 9.59 Å². The molecule has 0 radical (unpaired) electrons. The van der Waals surface area contributed by atoms with Crippen molar-refractivity contribution in [2.75, 3.05) is 6.54 Å². The summed E-state index contributed by atoms with van der Waals surface area (Å²) < 4.78 is 36.8. The highest BCUT2D eigenvalue weighted by Gasteiger charge is 2.42. The Morgan fingerprint density at radius 3 is 2.17 bits per heavy atom. The second-order valence-electron chi connectivity index (χ2n) is 3.54. The Morgan fingerprint density at radius 1 is 1.17 bits per heavy atom. The fraction of sp³-hybridized carbons (Fsp3) is 0.273. The van der Waals surface area contributed by atoms with E-state index in [-0.39, 0.29) is 4.90 Å². The molecule has 1 aromatic rings. The smallest absolute Gasteiger partial charge is 0.471 e. The second kappa shape index (κ2) is 5.52. The van der Waals surface area contributed by atoms with Gasteiger partial charge in [-0.05, 0) is 5.56 Å². The highest BCUT2D eigenvalue weighted by molar-refractivity contribution is 5.85. The van der Waals surface area contributed by atoms with Gasteiger partial charge in [0.2, 0.25) is 0 Å². The molecule has 0 saturated heterocycles.